The van der Waals surface area contributed by atoms with E-state index in [2.05, 4.69) is 14.9 Å². The second-order valence-corrected chi connectivity index (χ2v) is 4.64. The van der Waals surface area contributed by atoms with E-state index >= 15 is 0 Å². The summed E-state index contributed by atoms with van der Waals surface area (Å²) in [5, 5.41) is 0. The van der Waals surface area contributed by atoms with Crippen LogP contribution < -0.4 is 4.90 Å². The number of nitrogens with zero attached hydrogens (tertiary/aromatic N) is 3. The lowest BCUT2D eigenvalue weighted by atomic mass is 10.1. The van der Waals surface area contributed by atoms with Crippen LogP contribution in [0.5, 0.6) is 0 Å². The Morgan fingerprint density at radius 1 is 1.41 bits per heavy atom. The summed E-state index contributed by atoms with van der Waals surface area (Å²) in [4.78, 5) is 10.7. The van der Waals surface area contributed by atoms with Crippen LogP contribution in [0.25, 0.3) is 0 Å². The Hall–Kier alpha value is -0.870. The van der Waals surface area contributed by atoms with Crippen molar-refractivity contribution in [2.75, 3.05) is 25.1 Å². The molecule has 1 aliphatic rings. The molecule has 94 valence electrons. The average molecular weight is 256 g/mol. The highest BCUT2D eigenvalue weighted by molar-refractivity contribution is 6.16. The highest BCUT2D eigenvalue weighted by Crippen LogP contribution is 2.16. The van der Waals surface area contributed by atoms with Crippen molar-refractivity contribution in [1.29, 1.82) is 0 Å². The van der Waals surface area contributed by atoms with E-state index in [1.807, 2.05) is 7.05 Å². The van der Waals surface area contributed by atoms with Crippen molar-refractivity contribution in [2.24, 2.45) is 0 Å². The van der Waals surface area contributed by atoms with Gasteiger partial charge in [-0.3, -0.25) is 4.98 Å². The molecule has 0 N–H and O–H groups in total. The second-order valence-electron chi connectivity index (χ2n) is 4.37. The molecule has 0 aromatic carbocycles. The minimum atomic E-state index is 0.322. The van der Waals surface area contributed by atoms with Gasteiger partial charge in [-0.1, -0.05) is 0 Å². The molecule has 1 aromatic rings. The molecule has 0 saturated carbocycles. The maximum atomic E-state index is 5.70. The van der Waals surface area contributed by atoms with Crippen LogP contribution in [0.4, 0.5) is 5.82 Å². The van der Waals surface area contributed by atoms with E-state index in [1.54, 1.807) is 12.4 Å². The number of ether oxygens (including phenoxy) is 1. The van der Waals surface area contributed by atoms with Gasteiger partial charge in [-0.05, 0) is 19.3 Å². The summed E-state index contributed by atoms with van der Waals surface area (Å²) < 4.78 is 5.70. The Morgan fingerprint density at radius 2 is 2.29 bits per heavy atom. The Morgan fingerprint density at radius 3 is 2.88 bits per heavy atom. The molecular formula is C12H18ClN3O. The van der Waals surface area contributed by atoms with Gasteiger partial charge in [0.2, 0.25) is 0 Å². The van der Waals surface area contributed by atoms with Crippen LogP contribution in [0.3, 0.4) is 0 Å². The van der Waals surface area contributed by atoms with Crippen LogP contribution >= 0.6 is 11.6 Å². The van der Waals surface area contributed by atoms with Crippen molar-refractivity contribution < 1.29 is 4.74 Å². The zero-order valence-electron chi connectivity index (χ0n) is 10.1. The van der Waals surface area contributed by atoms with Gasteiger partial charge in [-0.15, -0.1) is 11.6 Å². The molecular weight excluding hydrogens is 238 g/mol. The number of anilines is 1. The molecule has 0 amide bonds. The van der Waals surface area contributed by atoms with E-state index in [4.69, 9.17) is 16.3 Å². The maximum absolute atomic E-state index is 5.70. The largest absolute Gasteiger partial charge is 0.376 e. The molecule has 1 fully saturated rings. The predicted octanol–water partition coefficient (Wildman–Crippen LogP) is 2.22. The van der Waals surface area contributed by atoms with E-state index in [0.29, 0.717) is 12.0 Å². The van der Waals surface area contributed by atoms with Crippen LogP contribution in [0.1, 0.15) is 25.0 Å². The third-order valence-corrected chi connectivity index (χ3v) is 3.25. The Balaban J connectivity index is 1.91. The van der Waals surface area contributed by atoms with Crippen LogP contribution in [-0.2, 0) is 10.6 Å². The normalized spacial score (nSPS) is 20.2. The van der Waals surface area contributed by atoms with Gasteiger partial charge in [0.15, 0.2) is 0 Å². The molecule has 1 aromatic heterocycles. The Bertz CT molecular complexity index is 338. The lowest BCUT2D eigenvalue weighted by molar-refractivity contribution is 0.0215. The highest BCUT2D eigenvalue weighted by atomic mass is 35.5. The summed E-state index contributed by atoms with van der Waals surface area (Å²) in [6.45, 7) is 1.75. The van der Waals surface area contributed by atoms with Crippen molar-refractivity contribution in [3.05, 3.63) is 18.1 Å². The molecule has 1 aliphatic heterocycles. The lowest BCUT2D eigenvalue weighted by Crippen LogP contribution is -2.33. The number of rotatable bonds is 4. The highest BCUT2D eigenvalue weighted by Gasteiger charge is 2.16. The molecule has 0 aliphatic carbocycles. The van der Waals surface area contributed by atoms with Gasteiger partial charge in [0.25, 0.3) is 0 Å². The monoisotopic (exact) mass is 255 g/mol. The Kier molecular flexibility index (Phi) is 4.57. The fourth-order valence-electron chi connectivity index (χ4n) is 1.96. The molecule has 17 heavy (non-hydrogen) atoms. The number of hydrogen-bond donors (Lipinski definition) is 0. The van der Waals surface area contributed by atoms with Crippen LogP contribution in [0.2, 0.25) is 0 Å². The molecule has 2 rings (SSSR count). The standard InChI is InChI=1S/C12H18ClN3O/c1-16(9-11-4-2-3-5-17-11)12-8-14-10(6-13)7-15-12/h7-8,11H,2-6,9H2,1H3. The van der Waals surface area contributed by atoms with Crippen molar-refractivity contribution in [1.82, 2.24) is 9.97 Å². The van der Waals surface area contributed by atoms with Gasteiger partial charge in [0.05, 0.1) is 30.1 Å². The average Bonchev–Trinajstić information content (AvgIpc) is 2.40. The van der Waals surface area contributed by atoms with Crippen molar-refractivity contribution in [3.63, 3.8) is 0 Å². The number of halogens is 1. The minimum absolute atomic E-state index is 0.322. The van der Waals surface area contributed by atoms with Gasteiger partial charge in [0, 0.05) is 20.2 Å². The zero-order chi connectivity index (χ0) is 12.1. The van der Waals surface area contributed by atoms with Crippen LogP contribution in [-0.4, -0.2) is 36.3 Å². The first-order chi connectivity index (χ1) is 8.29. The first kappa shape index (κ1) is 12.6. The summed E-state index contributed by atoms with van der Waals surface area (Å²) in [6, 6.07) is 0. The van der Waals surface area contributed by atoms with Crippen LogP contribution in [0.15, 0.2) is 12.4 Å². The predicted molar refractivity (Wildman–Crippen MR) is 68.5 cm³/mol. The zero-order valence-corrected chi connectivity index (χ0v) is 10.9. The molecule has 2 heterocycles. The van der Waals surface area contributed by atoms with E-state index in [1.165, 1.54) is 12.8 Å². The quantitative estimate of drug-likeness (QED) is 0.774. The van der Waals surface area contributed by atoms with E-state index in [9.17, 15) is 0 Å². The summed E-state index contributed by atoms with van der Waals surface area (Å²) in [5.41, 5.74) is 0.803. The van der Waals surface area contributed by atoms with Gasteiger partial charge >= 0.3 is 0 Å². The molecule has 5 heteroatoms. The molecule has 0 bridgehead atoms. The van der Waals surface area contributed by atoms with Gasteiger partial charge in [-0.25, -0.2) is 4.98 Å². The van der Waals surface area contributed by atoms with Gasteiger partial charge < -0.3 is 9.64 Å². The van der Waals surface area contributed by atoms with E-state index < -0.39 is 0 Å². The molecule has 0 radical (unpaired) electrons. The topological polar surface area (TPSA) is 38.2 Å². The number of aromatic nitrogens is 2. The smallest absolute Gasteiger partial charge is 0.146 e. The van der Waals surface area contributed by atoms with Crippen molar-refractivity contribution in [2.45, 2.75) is 31.2 Å². The van der Waals surface area contributed by atoms with Gasteiger partial charge in [-0.2, -0.15) is 0 Å². The number of alkyl halides is 1. The molecule has 1 saturated heterocycles. The maximum Gasteiger partial charge on any atom is 0.146 e. The Labute approximate surface area is 107 Å². The molecule has 0 spiro atoms. The summed E-state index contributed by atoms with van der Waals surface area (Å²) >= 11 is 5.68. The summed E-state index contributed by atoms with van der Waals surface area (Å²) in [6.07, 6.45) is 7.39. The fraction of sp³-hybridized carbons (Fsp3) is 0.667. The third kappa shape index (κ3) is 3.54. The fourth-order valence-corrected chi connectivity index (χ4v) is 2.10. The van der Waals surface area contributed by atoms with Crippen molar-refractivity contribution >= 4 is 17.4 Å². The van der Waals surface area contributed by atoms with Crippen molar-refractivity contribution in [3.8, 4) is 0 Å². The molecule has 1 atom stereocenters. The summed E-state index contributed by atoms with van der Waals surface area (Å²) in [7, 11) is 2.02. The van der Waals surface area contributed by atoms with Crippen LogP contribution in [0, 0.1) is 0 Å². The van der Waals surface area contributed by atoms with Gasteiger partial charge in [0.1, 0.15) is 5.82 Å². The van der Waals surface area contributed by atoms with E-state index in [0.717, 1.165) is 31.1 Å². The first-order valence-electron chi connectivity index (χ1n) is 5.99. The third-order valence-electron chi connectivity index (χ3n) is 2.97. The lowest BCUT2D eigenvalue weighted by Gasteiger charge is -2.27. The summed E-state index contributed by atoms with van der Waals surface area (Å²) in [5.74, 6) is 1.27. The first-order valence-corrected chi connectivity index (χ1v) is 6.52. The van der Waals surface area contributed by atoms with E-state index in [-0.39, 0.29) is 0 Å². The second kappa shape index (κ2) is 6.17. The SMILES string of the molecule is CN(CC1CCCCO1)c1cnc(CCl)cn1. The molecule has 4 nitrogen and oxygen atoms in total. The minimum Gasteiger partial charge on any atom is -0.376 e. The molecule has 1 unspecified atom stereocenters. The number of hydrogen-bond acceptors (Lipinski definition) is 4. The number of likely N-dealkylation sites (N-methyl/N-ethyl adjacent to an activating group) is 1.